The zero-order chi connectivity index (χ0) is 13.0. The molecule has 0 aliphatic carbocycles. The molecule has 16 heavy (non-hydrogen) atoms. The molecule has 0 fully saturated rings. The molecule has 0 aromatic heterocycles. The molecule has 4 heteroatoms. The Morgan fingerprint density at radius 2 is 1.75 bits per heavy atom. The highest BCUT2D eigenvalue weighted by Crippen LogP contribution is 2.36. The fourth-order valence-corrected chi connectivity index (χ4v) is 1.89. The smallest absolute Gasteiger partial charge is 0.309 e. The highest BCUT2D eigenvalue weighted by molar-refractivity contribution is 6.25. The summed E-state index contributed by atoms with van der Waals surface area (Å²) in [7, 11) is -1.19. The Balaban J connectivity index is 4.62. The highest BCUT2D eigenvalue weighted by Gasteiger charge is 2.35. The molecular weight excluding hydrogens is 220 g/mol. The molecule has 1 N–H and O–H groups in total. The summed E-state index contributed by atoms with van der Waals surface area (Å²) in [4.78, 5) is 20.7. The van der Waals surface area contributed by atoms with Crippen LogP contribution in [0, 0.1) is 16.7 Å². The van der Waals surface area contributed by atoms with Crippen molar-refractivity contribution in [3.05, 3.63) is 0 Å². The third-order valence-electron chi connectivity index (χ3n) is 2.48. The summed E-state index contributed by atoms with van der Waals surface area (Å²) in [5, 5.41) is 0. The van der Waals surface area contributed by atoms with Crippen LogP contribution in [0.1, 0.15) is 48.0 Å². The molecule has 0 saturated heterocycles. The van der Waals surface area contributed by atoms with Gasteiger partial charge in [-0.05, 0) is 17.3 Å². The fourth-order valence-electron chi connectivity index (χ4n) is 1.60. The second kappa shape index (κ2) is 5.82. The van der Waals surface area contributed by atoms with Crippen LogP contribution in [0.15, 0.2) is 0 Å². The van der Waals surface area contributed by atoms with Gasteiger partial charge in [-0.3, -0.25) is 4.79 Å². The summed E-state index contributed by atoms with van der Waals surface area (Å²) in [6.45, 7) is 12.5. The third kappa shape index (κ3) is 6.28. The Bertz CT molecular complexity index is 225. The molecule has 0 aliphatic heterocycles. The fraction of sp³-hybridized carbons (Fsp3) is 0.917. The summed E-state index contributed by atoms with van der Waals surface area (Å²) in [6, 6.07) is 0. The van der Waals surface area contributed by atoms with Crippen molar-refractivity contribution in [2.24, 2.45) is 16.7 Å². The summed E-state index contributed by atoms with van der Waals surface area (Å²) in [5.41, 5.74) is 0.00891. The standard InChI is InChI=1S/C12H26O3Si/c1-11(2,3)7-9(12(4,5)6)10(13)15-8-16-14/h9,14H,7-8,16H2,1-6H3. The molecule has 0 radical (unpaired) electrons. The van der Waals surface area contributed by atoms with Gasteiger partial charge < -0.3 is 9.53 Å². The van der Waals surface area contributed by atoms with E-state index in [1.807, 2.05) is 0 Å². The second-order valence-electron chi connectivity index (χ2n) is 6.57. The van der Waals surface area contributed by atoms with Gasteiger partial charge in [-0.15, -0.1) is 0 Å². The Hall–Kier alpha value is -0.353. The summed E-state index contributed by atoms with van der Waals surface area (Å²) >= 11 is 0. The van der Waals surface area contributed by atoms with Gasteiger partial charge >= 0.3 is 5.97 Å². The largest absolute Gasteiger partial charge is 0.467 e. The van der Waals surface area contributed by atoms with Crippen LogP contribution in [0.5, 0.6) is 0 Å². The second-order valence-corrected chi connectivity index (χ2v) is 7.43. The van der Waals surface area contributed by atoms with E-state index in [1.165, 1.54) is 0 Å². The number of ether oxygens (including phenoxy) is 1. The lowest BCUT2D eigenvalue weighted by atomic mass is 9.72. The molecule has 0 amide bonds. The van der Waals surface area contributed by atoms with Gasteiger partial charge in [0.15, 0.2) is 9.76 Å². The quantitative estimate of drug-likeness (QED) is 0.606. The van der Waals surface area contributed by atoms with Gasteiger partial charge in [-0.2, -0.15) is 0 Å². The Morgan fingerprint density at radius 3 is 2.06 bits per heavy atom. The first kappa shape index (κ1) is 15.6. The zero-order valence-electron chi connectivity index (χ0n) is 11.5. The van der Waals surface area contributed by atoms with Gasteiger partial charge in [0.2, 0.25) is 0 Å². The average molecular weight is 246 g/mol. The number of hydrogen-bond donors (Lipinski definition) is 1. The van der Waals surface area contributed by atoms with E-state index >= 15 is 0 Å². The minimum atomic E-state index is -1.19. The SMILES string of the molecule is CC(C)(C)CC(C(=O)OC[SiH2]O)C(C)(C)C. The molecule has 0 aliphatic rings. The highest BCUT2D eigenvalue weighted by atomic mass is 28.2. The maximum atomic E-state index is 11.9. The molecular formula is C12H26O3Si. The van der Waals surface area contributed by atoms with Crippen molar-refractivity contribution in [2.75, 3.05) is 6.23 Å². The van der Waals surface area contributed by atoms with Crippen LogP contribution in [0.2, 0.25) is 0 Å². The van der Waals surface area contributed by atoms with Crippen molar-refractivity contribution >= 4 is 15.7 Å². The first-order valence-corrected chi connectivity index (χ1v) is 7.48. The monoisotopic (exact) mass is 246 g/mol. The molecule has 96 valence electrons. The van der Waals surface area contributed by atoms with Crippen molar-refractivity contribution in [3.63, 3.8) is 0 Å². The van der Waals surface area contributed by atoms with Crippen LogP contribution in [0.3, 0.4) is 0 Å². The van der Waals surface area contributed by atoms with Crippen LogP contribution in [-0.4, -0.2) is 26.8 Å². The number of hydrogen-bond acceptors (Lipinski definition) is 3. The van der Waals surface area contributed by atoms with E-state index in [9.17, 15) is 4.79 Å². The molecule has 0 bridgehead atoms. The first-order chi connectivity index (χ1) is 7.08. The van der Waals surface area contributed by atoms with E-state index in [0.717, 1.165) is 6.42 Å². The van der Waals surface area contributed by atoms with E-state index in [1.54, 1.807) is 0 Å². The van der Waals surface area contributed by atoms with Crippen molar-refractivity contribution in [2.45, 2.75) is 48.0 Å². The molecule has 0 aromatic rings. The van der Waals surface area contributed by atoms with Crippen LogP contribution in [0.4, 0.5) is 0 Å². The molecule has 0 heterocycles. The maximum absolute atomic E-state index is 11.9. The van der Waals surface area contributed by atoms with E-state index < -0.39 is 9.76 Å². The Labute approximate surface area is 102 Å². The molecule has 0 aromatic carbocycles. The summed E-state index contributed by atoms with van der Waals surface area (Å²) < 4.78 is 5.10. The van der Waals surface area contributed by atoms with Crippen LogP contribution < -0.4 is 0 Å². The molecule has 3 nitrogen and oxygen atoms in total. The van der Waals surface area contributed by atoms with Gasteiger partial charge in [-0.25, -0.2) is 0 Å². The lowest BCUT2D eigenvalue weighted by Crippen LogP contribution is -2.34. The predicted octanol–water partition coefficient (Wildman–Crippen LogP) is 1.66. The normalized spacial score (nSPS) is 15.4. The van der Waals surface area contributed by atoms with E-state index in [4.69, 9.17) is 9.53 Å². The number of carbonyl (C=O) groups is 1. The maximum Gasteiger partial charge on any atom is 0.309 e. The first-order valence-electron chi connectivity index (χ1n) is 5.85. The molecule has 1 atom stereocenters. The molecule has 0 rings (SSSR count). The van der Waals surface area contributed by atoms with Crippen molar-refractivity contribution < 1.29 is 14.3 Å². The molecule has 0 saturated carbocycles. The van der Waals surface area contributed by atoms with E-state index in [-0.39, 0.29) is 28.9 Å². The van der Waals surface area contributed by atoms with Crippen LogP contribution >= 0.6 is 0 Å². The predicted molar refractivity (Wildman–Crippen MR) is 68.7 cm³/mol. The Morgan fingerprint density at radius 1 is 1.25 bits per heavy atom. The van der Waals surface area contributed by atoms with E-state index in [2.05, 4.69) is 41.5 Å². The van der Waals surface area contributed by atoms with Crippen molar-refractivity contribution in [1.29, 1.82) is 0 Å². The number of rotatable bonds is 4. The molecule has 0 spiro atoms. The zero-order valence-corrected chi connectivity index (χ0v) is 12.9. The van der Waals surface area contributed by atoms with Gasteiger partial charge in [0, 0.05) is 0 Å². The van der Waals surface area contributed by atoms with Gasteiger partial charge in [0.1, 0.15) is 6.23 Å². The minimum Gasteiger partial charge on any atom is -0.467 e. The van der Waals surface area contributed by atoms with Crippen molar-refractivity contribution in [3.8, 4) is 0 Å². The van der Waals surface area contributed by atoms with E-state index in [0.29, 0.717) is 0 Å². The number of esters is 1. The van der Waals surface area contributed by atoms with Gasteiger partial charge in [0.05, 0.1) is 5.92 Å². The molecule has 1 unspecified atom stereocenters. The number of carbonyl (C=O) groups excluding carboxylic acids is 1. The van der Waals surface area contributed by atoms with Crippen LogP contribution in [0.25, 0.3) is 0 Å². The van der Waals surface area contributed by atoms with Gasteiger partial charge in [-0.1, -0.05) is 41.5 Å². The van der Waals surface area contributed by atoms with Gasteiger partial charge in [0.25, 0.3) is 0 Å². The average Bonchev–Trinajstić information content (AvgIpc) is 2.07. The topological polar surface area (TPSA) is 46.5 Å². The summed E-state index contributed by atoms with van der Waals surface area (Å²) in [5.74, 6) is -0.267. The van der Waals surface area contributed by atoms with Crippen LogP contribution in [-0.2, 0) is 9.53 Å². The Kier molecular flexibility index (Phi) is 5.69. The third-order valence-corrected chi connectivity index (χ3v) is 2.87. The lowest BCUT2D eigenvalue weighted by molar-refractivity contribution is -0.152. The summed E-state index contributed by atoms with van der Waals surface area (Å²) in [6.07, 6.45) is 1.04. The lowest BCUT2D eigenvalue weighted by Gasteiger charge is -2.33. The van der Waals surface area contributed by atoms with Crippen molar-refractivity contribution in [1.82, 2.24) is 0 Å². The minimum absolute atomic E-state index is 0.0959.